The van der Waals surface area contributed by atoms with Crippen molar-refractivity contribution in [2.45, 2.75) is 13.5 Å². The first-order valence-corrected chi connectivity index (χ1v) is 6.86. The van der Waals surface area contributed by atoms with Crippen LogP contribution in [0.1, 0.15) is 16.7 Å². The Labute approximate surface area is 123 Å². The van der Waals surface area contributed by atoms with Gasteiger partial charge in [0.25, 0.3) is 0 Å². The molecule has 0 aromatic heterocycles. The van der Waals surface area contributed by atoms with Crippen LogP contribution in [-0.2, 0) is 6.54 Å². The molecule has 1 heterocycles. The van der Waals surface area contributed by atoms with Crippen LogP contribution in [0.5, 0.6) is 11.5 Å². The molecule has 0 bridgehead atoms. The van der Waals surface area contributed by atoms with Gasteiger partial charge in [-0.25, -0.2) is 0 Å². The average molecular weight is 285 g/mol. The molecule has 102 valence electrons. The quantitative estimate of drug-likeness (QED) is 0.877. The molecule has 0 fully saturated rings. The Morgan fingerprint density at radius 2 is 2.00 bits per heavy atom. The van der Waals surface area contributed by atoms with Crippen LogP contribution in [0.3, 0.4) is 0 Å². The van der Waals surface area contributed by atoms with Crippen molar-refractivity contribution in [1.29, 1.82) is 0 Å². The van der Waals surface area contributed by atoms with Crippen LogP contribution in [0.4, 0.5) is 0 Å². The molecule has 2 aromatic carbocycles. The molecule has 0 saturated heterocycles. The Morgan fingerprint density at radius 1 is 1.15 bits per heavy atom. The van der Waals surface area contributed by atoms with Crippen molar-refractivity contribution >= 4 is 17.2 Å². The second kappa shape index (κ2) is 5.51. The van der Waals surface area contributed by atoms with Crippen LogP contribution in [0, 0.1) is 6.92 Å². The van der Waals surface area contributed by atoms with Gasteiger partial charge in [-0.15, -0.1) is 0 Å². The summed E-state index contributed by atoms with van der Waals surface area (Å²) in [6.07, 6.45) is 0. The molecule has 0 atom stereocenters. The lowest BCUT2D eigenvalue weighted by Crippen LogP contribution is -2.21. The maximum atomic E-state index is 5.42. The number of aryl methyl sites for hydroxylation is 1. The zero-order valence-corrected chi connectivity index (χ0v) is 12.0. The van der Waals surface area contributed by atoms with E-state index in [4.69, 9.17) is 21.7 Å². The van der Waals surface area contributed by atoms with Gasteiger partial charge in [0.05, 0.1) is 0 Å². The average Bonchev–Trinajstić information content (AvgIpc) is 2.92. The van der Waals surface area contributed by atoms with E-state index in [1.807, 2.05) is 18.2 Å². The zero-order valence-electron chi connectivity index (χ0n) is 11.2. The van der Waals surface area contributed by atoms with Crippen LogP contribution in [0.2, 0.25) is 0 Å². The second-order valence-electron chi connectivity index (χ2n) is 4.74. The molecule has 4 heteroatoms. The maximum absolute atomic E-state index is 5.42. The molecule has 0 aliphatic carbocycles. The molecule has 0 saturated carbocycles. The van der Waals surface area contributed by atoms with E-state index in [9.17, 15) is 0 Å². The largest absolute Gasteiger partial charge is 0.454 e. The normalized spacial score (nSPS) is 12.2. The lowest BCUT2D eigenvalue weighted by molar-refractivity contribution is 0.174. The molecule has 2 aromatic rings. The third-order valence-electron chi connectivity index (χ3n) is 3.17. The number of thiocarbonyl (C=S) groups is 1. The van der Waals surface area contributed by atoms with E-state index in [0.717, 1.165) is 23.6 Å². The highest BCUT2D eigenvalue weighted by molar-refractivity contribution is 7.80. The molecule has 20 heavy (non-hydrogen) atoms. The molecule has 3 rings (SSSR count). The molecule has 1 aliphatic rings. The van der Waals surface area contributed by atoms with Crippen molar-refractivity contribution in [3.8, 4) is 11.5 Å². The Bertz CT molecular complexity index is 655. The highest BCUT2D eigenvalue weighted by atomic mass is 32.1. The SMILES string of the molecule is Cc1cccc(CNC(=S)c2ccc3c(c2)OCO3)c1. The summed E-state index contributed by atoms with van der Waals surface area (Å²) in [5.41, 5.74) is 3.41. The first kappa shape index (κ1) is 12.9. The molecular weight excluding hydrogens is 270 g/mol. The minimum Gasteiger partial charge on any atom is -0.454 e. The number of hydrogen-bond acceptors (Lipinski definition) is 3. The van der Waals surface area contributed by atoms with Crippen LogP contribution >= 0.6 is 12.2 Å². The summed E-state index contributed by atoms with van der Waals surface area (Å²) in [4.78, 5) is 0.713. The van der Waals surface area contributed by atoms with Crippen molar-refractivity contribution in [1.82, 2.24) is 5.32 Å². The summed E-state index contributed by atoms with van der Waals surface area (Å²) in [5, 5.41) is 3.27. The number of rotatable bonds is 3. The third-order valence-corrected chi connectivity index (χ3v) is 3.55. The predicted molar refractivity (Wildman–Crippen MR) is 82.3 cm³/mol. The first-order chi connectivity index (χ1) is 9.72. The van der Waals surface area contributed by atoms with Gasteiger partial charge in [0.1, 0.15) is 4.99 Å². The Balaban J connectivity index is 1.67. The highest BCUT2D eigenvalue weighted by Gasteiger charge is 2.14. The first-order valence-electron chi connectivity index (χ1n) is 6.46. The van der Waals surface area contributed by atoms with E-state index in [-0.39, 0.29) is 6.79 Å². The maximum Gasteiger partial charge on any atom is 0.231 e. The number of fused-ring (bicyclic) bond motifs is 1. The number of benzene rings is 2. The lowest BCUT2D eigenvalue weighted by Gasteiger charge is -2.09. The molecule has 0 unspecified atom stereocenters. The van der Waals surface area contributed by atoms with Crippen LogP contribution in [0.25, 0.3) is 0 Å². The van der Waals surface area contributed by atoms with Crippen molar-refractivity contribution in [2.24, 2.45) is 0 Å². The van der Waals surface area contributed by atoms with E-state index in [0.29, 0.717) is 4.99 Å². The van der Waals surface area contributed by atoms with E-state index < -0.39 is 0 Å². The Kier molecular flexibility index (Phi) is 3.56. The molecule has 1 N–H and O–H groups in total. The Morgan fingerprint density at radius 3 is 2.85 bits per heavy atom. The van der Waals surface area contributed by atoms with Gasteiger partial charge in [0.15, 0.2) is 11.5 Å². The van der Waals surface area contributed by atoms with Crippen molar-refractivity contribution < 1.29 is 9.47 Å². The molecule has 1 aliphatic heterocycles. The molecule has 0 spiro atoms. The highest BCUT2D eigenvalue weighted by Crippen LogP contribution is 2.32. The zero-order chi connectivity index (χ0) is 13.9. The topological polar surface area (TPSA) is 30.5 Å². The van der Waals surface area contributed by atoms with Gasteiger partial charge in [-0.05, 0) is 30.7 Å². The third kappa shape index (κ3) is 2.75. The monoisotopic (exact) mass is 285 g/mol. The van der Waals surface area contributed by atoms with E-state index in [2.05, 4.69) is 36.5 Å². The van der Waals surface area contributed by atoms with Crippen molar-refractivity contribution in [2.75, 3.05) is 6.79 Å². The summed E-state index contributed by atoms with van der Waals surface area (Å²) in [6.45, 7) is 3.08. The van der Waals surface area contributed by atoms with Gasteiger partial charge in [-0.1, -0.05) is 42.0 Å². The predicted octanol–water partition coefficient (Wildman–Crippen LogP) is 3.19. The van der Waals surface area contributed by atoms with E-state index in [1.54, 1.807) is 0 Å². The smallest absolute Gasteiger partial charge is 0.231 e. The standard InChI is InChI=1S/C16H15NO2S/c1-11-3-2-4-12(7-11)9-17-16(20)13-5-6-14-15(8-13)19-10-18-14/h2-8H,9-10H2,1H3,(H,17,20). The summed E-state index contributed by atoms with van der Waals surface area (Å²) in [5.74, 6) is 1.53. The van der Waals surface area contributed by atoms with Gasteiger partial charge >= 0.3 is 0 Å². The molecule has 0 radical (unpaired) electrons. The van der Waals surface area contributed by atoms with Crippen LogP contribution in [0.15, 0.2) is 42.5 Å². The minimum atomic E-state index is 0.280. The number of hydrogen-bond donors (Lipinski definition) is 1. The fourth-order valence-electron chi connectivity index (χ4n) is 2.14. The fourth-order valence-corrected chi connectivity index (χ4v) is 2.34. The van der Waals surface area contributed by atoms with E-state index in [1.165, 1.54) is 11.1 Å². The Hall–Kier alpha value is -2.07. The fraction of sp³-hybridized carbons (Fsp3) is 0.188. The second-order valence-corrected chi connectivity index (χ2v) is 5.15. The summed E-state index contributed by atoms with van der Waals surface area (Å²) in [7, 11) is 0. The summed E-state index contributed by atoms with van der Waals surface area (Å²) >= 11 is 5.42. The molecule has 3 nitrogen and oxygen atoms in total. The van der Waals surface area contributed by atoms with Crippen molar-refractivity contribution in [3.63, 3.8) is 0 Å². The van der Waals surface area contributed by atoms with Gasteiger partial charge in [0, 0.05) is 12.1 Å². The van der Waals surface area contributed by atoms with Gasteiger partial charge in [0.2, 0.25) is 6.79 Å². The van der Waals surface area contributed by atoms with Crippen LogP contribution < -0.4 is 14.8 Å². The van der Waals surface area contributed by atoms with E-state index >= 15 is 0 Å². The van der Waals surface area contributed by atoms with Crippen LogP contribution in [-0.4, -0.2) is 11.8 Å². The summed E-state index contributed by atoms with van der Waals surface area (Å²) in [6, 6.07) is 14.1. The lowest BCUT2D eigenvalue weighted by atomic mass is 10.1. The van der Waals surface area contributed by atoms with Gasteiger partial charge in [-0.2, -0.15) is 0 Å². The molecular formula is C16H15NO2S. The number of nitrogens with one attached hydrogen (secondary N) is 1. The van der Waals surface area contributed by atoms with Gasteiger partial charge in [-0.3, -0.25) is 0 Å². The van der Waals surface area contributed by atoms with Crippen molar-refractivity contribution in [3.05, 3.63) is 59.2 Å². The summed E-state index contributed by atoms with van der Waals surface area (Å²) < 4.78 is 10.6. The number of ether oxygens (including phenoxy) is 2. The molecule has 0 amide bonds. The minimum absolute atomic E-state index is 0.280. The van der Waals surface area contributed by atoms with Gasteiger partial charge < -0.3 is 14.8 Å².